The minimum atomic E-state index is -1.24. The van der Waals surface area contributed by atoms with E-state index in [4.69, 9.17) is 18.9 Å². The van der Waals surface area contributed by atoms with E-state index in [2.05, 4.69) is 11.9 Å². The summed E-state index contributed by atoms with van der Waals surface area (Å²) in [5, 5.41) is 2.68. The maximum Gasteiger partial charge on any atom is 0.411 e. The van der Waals surface area contributed by atoms with Crippen LogP contribution in [0.15, 0.2) is 60.8 Å². The lowest BCUT2D eigenvalue weighted by atomic mass is 9.64. The second-order valence-electron chi connectivity index (χ2n) is 9.84. The standard InChI is InChI=1S/C29H35N3O8/c1-6-14-39-28(36)31(4)25-21(16-40-18(3)33)19-12-13-29(24(25)20(19)15-30-27(35)38-7-2)22-10-8-9-11-23(22)32(17-37-5)26(29)34/h6,8-13,15,19,21,24-25H,1,7,14,16-17H2,2-5H3,(H,30,35)/t19-,21-,24+,25+,29+/m0/s1. The van der Waals surface area contributed by atoms with Gasteiger partial charge in [-0.3, -0.25) is 19.8 Å². The van der Waals surface area contributed by atoms with Gasteiger partial charge < -0.3 is 23.8 Å². The minimum Gasteiger partial charge on any atom is -0.465 e. The molecule has 11 heteroatoms. The lowest BCUT2D eigenvalue weighted by molar-refractivity contribution is -0.143. The summed E-state index contributed by atoms with van der Waals surface area (Å²) in [6, 6.07) is 6.77. The Balaban J connectivity index is 1.92. The SMILES string of the molecule is C=CCOC(=O)N(C)[C@@H]1[C@@H](COC(C)=O)[C@H]2C=C[C@]3(C(=O)N(COC)c4ccccc43)[C@@H]1C2=CNC(=O)OCC. The molecule has 3 amide bonds. The number of allylic oxidation sites excluding steroid dienone is 1. The number of hydrogen-bond donors (Lipinski definition) is 1. The van der Waals surface area contributed by atoms with Crippen LogP contribution in [0.25, 0.3) is 0 Å². The highest BCUT2D eigenvalue weighted by Gasteiger charge is 2.65. The molecule has 1 spiro atoms. The Kier molecular flexibility index (Phi) is 8.63. The van der Waals surface area contributed by atoms with E-state index in [1.54, 1.807) is 25.1 Å². The molecule has 214 valence electrons. The monoisotopic (exact) mass is 553 g/mol. The molecule has 1 aliphatic heterocycles. The van der Waals surface area contributed by atoms with Crippen LogP contribution >= 0.6 is 0 Å². The lowest BCUT2D eigenvalue weighted by Gasteiger charge is -2.41. The second kappa shape index (κ2) is 12.0. The highest BCUT2D eigenvalue weighted by molar-refractivity contribution is 6.10. The fourth-order valence-electron chi connectivity index (χ4n) is 6.26. The number of nitrogens with zero attached hydrogens (tertiary/aromatic N) is 2. The number of amides is 3. The summed E-state index contributed by atoms with van der Waals surface area (Å²) in [6.45, 7) is 6.80. The maximum absolute atomic E-state index is 14.4. The molecule has 1 N–H and O–H groups in total. The van der Waals surface area contributed by atoms with Gasteiger partial charge in [-0.15, -0.1) is 0 Å². The number of rotatable bonds is 9. The van der Waals surface area contributed by atoms with Crippen molar-refractivity contribution >= 4 is 29.8 Å². The second-order valence-corrected chi connectivity index (χ2v) is 9.84. The van der Waals surface area contributed by atoms with Gasteiger partial charge in [0.25, 0.3) is 0 Å². The number of nitrogens with one attached hydrogen (secondary N) is 1. The minimum absolute atomic E-state index is 0.00150. The number of anilines is 1. The van der Waals surface area contributed by atoms with E-state index in [0.717, 1.165) is 5.56 Å². The normalized spacial score (nSPS) is 26.9. The molecule has 0 unspecified atom stereocenters. The number of hydrogen-bond acceptors (Lipinski definition) is 8. The van der Waals surface area contributed by atoms with Crippen LogP contribution in [0.4, 0.5) is 15.3 Å². The predicted molar refractivity (Wildman–Crippen MR) is 145 cm³/mol. The molecular formula is C29H35N3O8. The molecule has 1 aromatic carbocycles. The van der Waals surface area contributed by atoms with E-state index in [1.807, 2.05) is 36.4 Å². The molecule has 2 aliphatic carbocycles. The van der Waals surface area contributed by atoms with Gasteiger partial charge in [0.05, 0.1) is 18.9 Å². The van der Waals surface area contributed by atoms with E-state index in [9.17, 15) is 19.2 Å². The average molecular weight is 554 g/mol. The molecule has 3 aliphatic rings. The third kappa shape index (κ3) is 4.85. The average Bonchev–Trinajstić information content (AvgIpc) is 3.30. The molecule has 4 rings (SSSR count). The third-order valence-electron chi connectivity index (χ3n) is 7.71. The molecule has 0 radical (unpaired) electrons. The van der Waals surface area contributed by atoms with E-state index in [0.29, 0.717) is 11.3 Å². The van der Waals surface area contributed by atoms with Gasteiger partial charge in [0.2, 0.25) is 5.91 Å². The van der Waals surface area contributed by atoms with Crippen molar-refractivity contribution in [1.29, 1.82) is 0 Å². The molecule has 40 heavy (non-hydrogen) atoms. The van der Waals surface area contributed by atoms with Crippen LogP contribution in [-0.4, -0.2) is 75.7 Å². The Morgan fingerprint density at radius 2 is 1.95 bits per heavy atom. The van der Waals surface area contributed by atoms with Gasteiger partial charge in [0, 0.05) is 51.1 Å². The first-order chi connectivity index (χ1) is 19.2. The van der Waals surface area contributed by atoms with Gasteiger partial charge in [-0.05, 0) is 24.1 Å². The number of alkyl carbamates (subject to hydrolysis) is 1. The van der Waals surface area contributed by atoms with Crippen LogP contribution in [0.1, 0.15) is 19.4 Å². The van der Waals surface area contributed by atoms with E-state index in [1.165, 1.54) is 25.0 Å². The zero-order chi connectivity index (χ0) is 29.0. The molecule has 1 fully saturated rings. The van der Waals surface area contributed by atoms with Gasteiger partial charge in [-0.25, -0.2) is 9.59 Å². The van der Waals surface area contributed by atoms with E-state index >= 15 is 0 Å². The number of benzene rings is 1. The number of esters is 1. The van der Waals surface area contributed by atoms with Crippen LogP contribution in [0.2, 0.25) is 0 Å². The van der Waals surface area contributed by atoms with Gasteiger partial charge in [0.1, 0.15) is 18.8 Å². The van der Waals surface area contributed by atoms with Crippen molar-refractivity contribution in [3.63, 3.8) is 0 Å². The van der Waals surface area contributed by atoms with Crippen LogP contribution in [-0.2, 0) is 34.0 Å². The number of ether oxygens (including phenoxy) is 4. The Morgan fingerprint density at radius 1 is 1.20 bits per heavy atom. The van der Waals surface area contributed by atoms with E-state index < -0.39 is 41.4 Å². The fraction of sp³-hybridized carbons (Fsp3) is 0.448. The number of carbonyl (C=O) groups is 4. The van der Waals surface area contributed by atoms with E-state index in [-0.39, 0.29) is 38.4 Å². The summed E-state index contributed by atoms with van der Waals surface area (Å²) >= 11 is 0. The van der Waals surface area contributed by atoms with Crippen LogP contribution in [0.3, 0.4) is 0 Å². The van der Waals surface area contributed by atoms with Crippen molar-refractivity contribution in [2.75, 3.05) is 45.6 Å². The summed E-state index contributed by atoms with van der Waals surface area (Å²) in [4.78, 5) is 54.8. The summed E-state index contributed by atoms with van der Waals surface area (Å²) < 4.78 is 21.3. The molecule has 11 nitrogen and oxygen atoms in total. The molecule has 1 saturated carbocycles. The molecule has 5 atom stereocenters. The smallest absolute Gasteiger partial charge is 0.411 e. The molecule has 1 heterocycles. The van der Waals surface area contributed by atoms with Crippen molar-refractivity contribution in [1.82, 2.24) is 10.2 Å². The predicted octanol–water partition coefficient (Wildman–Crippen LogP) is 3.12. The highest BCUT2D eigenvalue weighted by atomic mass is 16.6. The number of carbonyl (C=O) groups excluding carboxylic acids is 4. The maximum atomic E-state index is 14.4. The van der Waals surface area contributed by atoms with Crippen molar-refractivity contribution in [2.24, 2.45) is 17.8 Å². The quantitative estimate of drug-likeness (QED) is 0.281. The first-order valence-electron chi connectivity index (χ1n) is 13.1. The molecular weight excluding hydrogens is 518 g/mol. The number of para-hydroxylation sites is 1. The largest absolute Gasteiger partial charge is 0.465 e. The summed E-state index contributed by atoms with van der Waals surface area (Å²) in [6.07, 6.45) is 5.53. The van der Waals surface area contributed by atoms with Crippen molar-refractivity contribution < 1.29 is 38.1 Å². The zero-order valence-corrected chi connectivity index (χ0v) is 23.1. The van der Waals surface area contributed by atoms with Crippen molar-refractivity contribution in [3.05, 3.63) is 66.4 Å². The fourth-order valence-corrected chi connectivity index (χ4v) is 6.26. The van der Waals surface area contributed by atoms with Crippen LogP contribution in [0.5, 0.6) is 0 Å². The molecule has 0 saturated heterocycles. The lowest BCUT2D eigenvalue weighted by Crippen LogP contribution is -2.54. The molecule has 2 bridgehead atoms. The highest BCUT2D eigenvalue weighted by Crippen LogP contribution is 2.60. The van der Waals surface area contributed by atoms with Gasteiger partial charge in [-0.2, -0.15) is 0 Å². The molecule has 0 aromatic heterocycles. The first-order valence-corrected chi connectivity index (χ1v) is 13.1. The van der Waals surface area contributed by atoms with Crippen LogP contribution in [0, 0.1) is 17.8 Å². The Bertz CT molecular complexity index is 1240. The van der Waals surface area contributed by atoms with Crippen LogP contribution < -0.4 is 10.2 Å². The topological polar surface area (TPSA) is 124 Å². The number of methoxy groups -OCH3 is 1. The Labute approximate surface area is 233 Å². The van der Waals surface area contributed by atoms with Gasteiger partial charge >= 0.3 is 18.2 Å². The first kappa shape index (κ1) is 28.9. The van der Waals surface area contributed by atoms with Gasteiger partial charge in [-0.1, -0.05) is 43.0 Å². The Morgan fingerprint density at radius 3 is 2.62 bits per heavy atom. The number of fused-ring (bicyclic) bond motifs is 5. The van der Waals surface area contributed by atoms with Crippen molar-refractivity contribution in [3.8, 4) is 0 Å². The zero-order valence-electron chi connectivity index (χ0n) is 23.1. The Hall–Kier alpha value is -4.12. The summed E-state index contributed by atoms with van der Waals surface area (Å²) in [7, 11) is 3.11. The van der Waals surface area contributed by atoms with Gasteiger partial charge in [0.15, 0.2) is 0 Å². The third-order valence-corrected chi connectivity index (χ3v) is 7.71. The summed E-state index contributed by atoms with van der Waals surface area (Å²) in [5.41, 5.74) is 0.888. The summed E-state index contributed by atoms with van der Waals surface area (Å²) in [5.74, 6) is -2.17. The molecule has 1 aromatic rings. The van der Waals surface area contributed by atoms with Crippen molar-refractivity contribution in [2.45, 2.75) is 25.3 Å².